The molecule has 34 heavy (non-hydrogen) atoms. The van der Waals surface area contributed by atoms with Crippen molar-refractivity contribution in [2.75, 3.05) is 5.32 Å². The first-order valence-electron chi connectivity index (χ1n) is 11.2. The van der Waals surface area contributed by atoms with Crippen LogP contribution in [0.15, 0.2) is 28.0 Å². The van der Waals surface area contributed by atoms with E-state index in [-0.39, 0.29) is 6.04 Å². The molecule has 0 fully saturated rings. The maximum absolute atomic E-state index is 12.2. The van der Waals surface area contributed by atoms with Gasteiger partial charge in [-0.15, -0.1) is 16.9 Å². The third-order valence-electron chi connectivity index (χ3n) is 4.53. The van der Waals surface area contributed by atoms with Gasteiger partial charge in [0.05, 0.1) is 11.3 Å². The molecule has 3 aromatic heterocycles. The molecule has 0 bridgehead atoms. The highest BCUT2D eigenvalue weighted by Gasteiger charge is 2.23. The molecular weight excluding hydrogens is 486 g/mol. The molecule has 182 valence electrons. The number of nitrogens with one attached hydrogen (secondary N) is 2. The van der Waals surface area contributed by atoms with E-state index in [1.165, 1.54) is 4.88 Å². The molecule has 0 radical (unpaired) electrons. The summed E-state index contributed by atoms with van der Waals surface area (Å²) >= 11 is 8.07. The molecule has 3 heterocycles. The van der Waals surface area contributed by atoms with Gasteiger partial charge in [-0.3, -0.25) is 0 Å². The van der Waals surface area contributed by atoms with Crippen molar-refractivity contribution in [3.63, 3.8) is 0 Å². The Labute approximate surface area is 211 Å². The lowest BCUT2D eigenvalue weighted by atomic mass is 10.1. The molecule has 3 aromatic rings. The van der Waals surface area contributed by atoms with Crippen molar-refractivity contribution in [2.45, 2.75) is 71.9 Å². The number of fused-ring (bicyclic) bond motifs is 1. The summed E-state index contributed by atoms with van der Waals surface area (Å²) in [6.07, 6.45) is -0.0295. The molecule has 3 rings (SSSR count). The van der Waals surface area contributed by atoms with Crippen LogP contribution in [0.1, 0.15) is 43.9 Å². The number of halogens is 1. The van der Waals surface area contributed by atoms with Crippen LogP contribution in [0.4, 0.5) is 10.5 Å². The third kappa shape index (κ3) is 7.52. The van der Waals surface area contributed by atoms with Gasteiger partial charge in [0.2, 0.25) is 0 Å². The van der Waals surface area contributed by atoms with Crippen LogP contribution in [0, 0.1) is 11.5 Å². The number of rotatable bonds is 6. The molecule has 6 nitrogen and oxygen atoms in total. The van der Waals surface area contributed by atoms with Gasteiger partial charge in [-0.2, -0.15) is 0 Å². The number of thiophene rings is 1. The molecule has 1 amide bonds. The van der Waals surface area contributed by atoms with Crippen molar-refractivity contribution >= 4 is 53.9 Å². The maximum Gasteiger partial charge on any atom is 0.407 e. The fourth-order valence-electron chi connectivity index (χ4n) is 3.17. The lowest BCUT2D eigenvalue weighted by Gasteiger charge is -2.21. The number of carbonyl (C=O) groups excluding carboxylic acids is 1. The number of nitrogens with zero attached hydrogens (tertiary/aromatic N) is 1. The molecule has 0 aliphatic rings. The van der Waals surface area contributed by atoms with Crippen LogP contribution >= 0.6 is 22.9 Å². The van der Waals surface area contributed by atoms with Crippen molar-refractivity contribution in [3.8, 4) is 11.5 Å². The van der Waals surface area contributed by atoms with Crippen LogP contribution in [0.3, 0.4) is 0 Å². The van der Waals surface area contributed by atoms with Gasteiger partial charge in [0.25, 0.3) is 0 Å². The van der Waals surface area contributed by atoms with Crippen molar-refractivity contribution in [2.24, 2.45) is 0 Å². The number of hydrogen-bond acceptors (Lipinski definition) is 6. The SMILES string of the molecule is CC(Cc1oc2c(NCc3cccs3)cc(Cl)nc2c1C#C[Si](C)(C)C)NC(=O)OC(C)(C)C. The molecule has 0 aromatic carbocycles. The molecule has 0 saturated carbocycles. The Morgan fingerprint density at radius 1 is 1.35 bits per heavy atom. The standard InChI is InChI=1S/C25H32ClN3O3SSi/c1-16(28-24(30)32-25(2,3)4)13-20-18(10-12-34(5,6)7)22-23(31-20)19(14-21(26)29-22)27-15-17-9-8-11-33-17/h8-9,11,14,16H,13,15H2,1-7H3,(H,27,29)(H,28,30). The minimum absolute atomic E-state index is 0.235. The topological polar surface area (TPSA) is 76.4 Å². The van der Waals surface area contributed by atoms with E-state index in [4.69, 9.17) is 20.8 Å². The van der Waals surface area contributed by atoms with Crippen LogP contribution in [-0.4, -0.2) is 30.8 Å². The molecule has 1 unspecified atom stereocenters. The zero-order valence-corrected chi connectivity index (χ0v) is 23.3. The molecule has 9 heteroatoms. The second-order valence-corrected chi connectivity index (χ2v) is 16.4. The first-order valence-corrected chi connectivity index (χ1v) is 16.0. The Morgan fingerprint density at radius 3 is 2.71 bits per heavy atom. The van der Waals surface area contributed by atoms with Gasteiger partial charge in [0.1, 0.15) is 30.1 Å². The number of alkyl carbamates (subject to hydrolysis) is 1. The van der Waals surface area contributed by atoms with Gasteiger partial charge in [-0.1, -0.05) is 43.2 Å². The number of hydrogen-bond donors (Lipinski definition) is 2. The number of carbonyl (C=O) groups is 1. The summed E-state index contributed by atoms with van der Waals surface area (Å²) in [5.41, 5.74) is 5.57. The zero-order valence-electron chi connectivity index (χ0n) is 20.8. The van der Waals surface area contributed by atoms with Crippen LogP contribution in [0.2, 0.25) is 24.8 Å². The second kappa shape index (κ2) is 10.4. The normalized spacial score (nSPS) is 12.7. The van der Waals surface area contributed by atoms with Gasteiger partial charge >= 0.3 is 6.09 Å². The molecular formula is C25H32ClN3O3SSi. The molecule has 2 N–H and O–H groups in total. The molecule has 1 atom stereocenters. The Bertz CT molecular complexity index is 1210. The van der Waals surface area contributed by atoms with Crippen molar-refractivity contribution in [3.05, 3.63) is 44.9 Å². The van der Waals surface area contributed by atoms with Crippen molar-refractivity contribution < 1.29 is 13.9 Å². The Hall–Kier alpha value is -2.47. The smallest absolute Gasteiger partial charge is 0.407 e. The Balaban J connectivity index is 1.97. The number of pyridine rings is 1. The predicted molar refractivity (Wildman–Crippen MR) is 143 cm³/mol. The van der Waals surface area contributed by atoms with Gasteiger partial charge in [0, 0.05) is 30.0 Å². The monoisotopic (exact) mass is 517 g/mol. The van der Waals surface area contributed by atoms with E-state index in [1.54, 1.807) is 17.4 Å². The fourth-order valence-corrected chi connectivity index (χ4v) is 4.51. The van der Waals surface area contributed by atoms with Crippen molar-refractivity contribution in [1.82, 2.24) is 10.3 Å². The van der Waals surface area contributed by atoms with E-state index < -0.39 is 19.8 Å². The summed E-state index contributed by atoms with van der Waals surface area (Å²) in [6, 6.07) is 5.62. The first kappa shape index (κ1) is 26.1. The van der Waals surface area contributed by atoms with Crippen LogP contribution in [0.5, 0.6) is 0 Å². The number of aromatic nitrogens is 1. The number of amides is 1. The number of ether oxygens (including phenoxy) is 1. The minimum atomic E-state index is -1.66. The molecule has 0 aliphatic heterocycles. The van der Waals surface area contributed by atoms with E-state index in [0.29, 0.717) is 35.0 Å². The number of furan rings is 1. The zero-order chi connectivity index (χ0) is 25.1. The van der Waals surface area contributed by atoms with Gasteiger partial charge in [0.15, 0.2) is 5.58 Å². The summed E-state index contributed by atoms with van der Waals surface area (Å²) in [5, 5.41) is 8.70. The van der Waals surface area contributed by atoms with E-state index >= 15 is 0 Å². The Kier molecular flexibility index (Phi) is 8.01. The molecule has 0 aliphatic carbocycles. The van der Waals surface area contributed by atoms with Crippen LogP contribution in [-0.2, 0) is 17.7 Å². The average Bonchev–Trinajstić information content (AvgIpc) is 3.30. The summed E-state index contributed by atoms with van der Waals surface area (Å²) in [4.78, 5) is 18.0. The minimum Gasteiger partial charge on any atom is -0.456 e. The van der Waals surface area contributed by atoms with Crippen LogP contribution in [0.25, 0.3) is 11.1 Å². The highest BCUT2D eigenvalue weighted by atomic mass is 35.5. The highest BCUT2D eigenvalue weighted by Crippen LogP contribution is 2.33. The fraction of sp³-hybridized carbons (Fsp3) is 0.440. The third-order valence-corrected chi connectivity index (χ3v) is 6.48. The van der Waals surface area contributed by atoms with Crippen molar-refractivity contribution in [1.29, 1.82) is 0 Å². The first-order chi connectivity index (χ1) is 15.8. The maximum atomic E-state index is 12.2. The quantitative estimate of drug-likeness (QED) is 0.212. The summed E-state index contributed by atoms with van der Waals surface area (Å²) in [5.74, 6) is 3.99. The highest BCUT2D eigenvalue weighted by molar-refractivity contribution is 7.09. The summed E-state index contributed by atoms with van der Waals surface area (Å²) in [7, 11) is -1.66. The van der Waals surface area contributed by atoms with E-state index in [0.717, 1.165) is 11.3 Å². The predicted octanol–water partition coefficient (Wildman–Crippen LogP) is 6.84. The summed E-state index contributed by atoms with van der Waals surface area (Å²) in [6.45, 7) is 14.6. The van der Waals surface area contributed by atoms with E-state index in [1.807, 2.05) is 39.1 Å². The lowest BCUT2D eigenvalue weighted by Crippen LogP contribution is -2.38. The Morgan fingerprint density at radius 2 is 2.09 bits per heavy atom. The van der Waals surface area contributed by atoms with Crippen LogP contribution < -0.4 is 10.6 Å². The molecule has 0 saturated heterocycles. The lowest BCUT2D eigenvalue weighted by molar-refractivity contribution is 0.0507. The van der Waals surface area contributed by atoms with Gasteiger partial charge in [-0.25, -0.2) is 9.78 Å². The molecule has 0 spiro atoms. The van der Waals surface area contributed by atoms with Gasteiger partial charge in [-0.05, 0) is 39.1 Å². The summed E-state index contributed by atoms with van der Waals surface area (Å²) < 4.78 is 11.7. The van der Waals surface area contributed by atoms with E-state index in [9.17, 15) is 4.79 Å². The average molecular weight is 518 g/mol. The largest absolute Gasteiger partial charge is 0.456 e. The number of anilines is 1. The van der Waals surface area contributed by atoms with E-state index in [2.05, 4.69) is 52.8 Å². The van der Waals surface area contributed by atoms with Gasteiger partial charge < -0.3 is 19.8 Å². The second-order valence-electron chi connectivity index (χ2n) is 10.3.